The number of alkyl halides is 3. The number of nitrogens with one attached hydrogen (secondary N) is 2. The van der Waals surface area contributed by atoms with E-state index in [0.717, 1.165) is 24.5 Å². The molecular weight excluding hydrogens is 389 g/mol. The van der Waals surface area contributed by atoms with Crippen molar-refractivity contribution >= 4 is 29.1 Å². The second-order valence-corrected chi connectivity index (χ2v) is 7.20. The largest absolute Gasteiger partial charge is 0.433 e. The maximum absolute atomic E-state index is 13.3. The first-order valence-electron chi connectivity index (χ1n) is 8.96. The Hall–Kier alpha value is -2.49. The van der Waals surface area contributed by atoms with Gasteiger partial charge in [-0.3, -0.25) is 4.98 Å². The number of piperidine rings is 1. The number of nitrogens with zero attached hydrogens (tertiary/aromatic N) is 4. The van der Waals surface area contributed by atoms with Gasteiger partial charge in [0.25, 0.3) is 0 Å². The normalized spacial score (nSPS) is 17.3. The summed E-state index contributed by atoms with van der Waals surface area (Å²) < 4.78 is 39.9. The molecule has 0 aromatic carbocycles. The zero-order valence-corrected chi connectivity index (χ0v) is 16.1. The standard InChI is InChI=1S/C18H21F3N6S/c1-12-4-3-7-27(11-12)15-8-14(18(19,20)21)24-16(25-15)26-17(28)23-10-13-5-2-6-22-9-13/h2,5-6,8-9,12H,3-4,7,10-11H2,1H3,(H2,23,24,25,26,28). The fourth-order valence-electron chi connectivity index (χ4n) is 3.03. The van der Waals surface area contributed by atoms with Crippen LogP contribution in [0.4, 0.5) is 24.9 Å². The molecule has 28 heavy (non-hydrogen) atoms. The first kappa shape index (κ1) is 20.2. The third-order valence-electron chi connectivity index (χ3n) is 4.39. The molecule has 1 aliphatic rings. The third-order valence-corrected chi connectivity index (χ3v) is 4.63. The smallest absolute Gasteiger partial charge is 0.358 e. The predicted octanol–water partition coefficient (Wildman–Crippen LogP) is 3.61. The zero-order chi connectivity index (χ0) is 20.1. The molecule has 3 heterocycles. The number of pyridine rings is 1. The van der Waals surface area contributed by atoms with E-state index in [1.807, 2.05) is 11.0 Å². The Morgan fingerprint density at radius 2 is 2.18 bits per heavy atom. The van der Waals surface area contributed by atoms with Gasteiger partial charge in [0, 0.05) is 38.1 Å². The molecule has 0 aliphatic carbocycles. The van der Waals surface area contributed by atoms with Crippen LogP contribution in [0.1, 0.15) is 31.0 Å². The molecule has 1 fully saturated rings. The van der Waals surface area contributed by atoms with Gasteiger partial charge >= 0.3 is 6.18 Å². The van der Waals surface area contributed by atoms with E-state index in [9.17, 15) is 13.2 Å². The van der Waals surface area contributed by atoms with Crippen molar-refractivity contribution in [1.82, 2.24) is 20.3 Å². The van der Waals surface area contributed by atoms with Crippen LogP contribution in [-0.2, 0) is 12.7 Å². The number of hydrogen-bond donors (Lipinski definition) is 2. The maximum Gasteiger partial charge on any atom is 0.433 e. The summed E-state index contributed by atoms with van der Waals surface area (Å²) in [6, 6.07) is 4.64. The Morgan fingerprint density at radius 3 is 2.86 bits per heavy atom. The quantitative estimate of drug-likeness (QED) is 0.747. The monoisotopic (exact) mass is 410 g/mol. The van der Waals surface area contributed by atoms with E-state index >= 15 is 0 Å². The van der Waals surface area contributed by atoms with E-state index < -0.39 is 11.9 Å². The molecule has 2 aromatic heterocycles. The van der Waals surface area contributed by atoms with Crippen LogP contribution in [0.25, 0.3) is 0 Å². The summed E-state index contributed by atoms with van der Waals surface area (Å²) in [6.07, 6.45) is 0.730. The lowest BCUT2D eigenvalue weighted by Crippen LogP contribution is -2.35. The molecule has 1 atom stereocenters. The van der Waals surface area contributed by atoms with Crippen LogP contribution in [0.15, 0.2) is 30.6 Å². The van der Waals surface area contributed by atoms with Crippen molar-refractivity contribution in [2.45, 2.75) is 32.5 Å². The summed E-state index contributed by atoms with van der Waals surface area (Å²) in [6.45, 7) is 3.79. The molecule has 0 spiro atoms. The SMILES string of the molecule is CC1CCCN(c2cc(C(F)(F)F)nc(NC(=S)NCc3cccnc3)n2)C1. The van der Waals surface area contributed by atoms with E-state index in [2.05, 4.69) is 32.5 Å². The van der Waals surface area contributed by atoms with E-state index in [1.54, 1.807) is 18.5 Å². The van der Waals surface area contributed by atoms with E-state index in [0.29, 0.717) is 25.6 Å². The Bertz CT molecular complexity index is 815. The van der Waals surface area contributed by atoms with Crippen LogP contribution in [0.2, 0.25) is 0 Å². The maximum atomic E-state index is 13.3. The van der Waals surface area contributed by atoms with Gasteiger partial charge in [0.1, 0.15) is 5.82 Å². The minimum atomic E-state index is -4.57. The molecule has 6 nitrogen and oxygen atoms in total. The van der Waals surface area contributed by atoms with Crippen LogP contribution in [-0.4, -0.2) is 33.2 Å². The Morgan fingerprint density at radius 1 is 1.36 bits per heavy atom. The van der Waals surface area contributed by atoms with Gasteiger partial charge in [0.05, 0.1) is 0 Å². The summed E-state index contributed by atoms with van der Waals surface area (Å²) in [7, 11) is 0. The number of anilines is 2. The van der Waals surface area contributed by atoms with Crippen molar-refractivity contribution in [2.24, 2.45) is 5.92 Å². The number of halogens is 3. The zero-order valence-electron chi connectivity index (χ0n) is 15.3. The van der Waals surface area contributed by atoms with Gasteiger partial charge in [-0.1, -0.05) is 13.0 Å². The molecule has 2 N–H and O–H groups in total. The van der Waals surface area contributed by atoms with Gasteiger partial charge in [-0.15, -0.1) is 0 Å². The minimum absolute atomic E-state index is 0.140. The highest BCUT2D eigenvalue weighted by molar-refractivity contribution is 7.80. The van der Waals surface area contributed by atoms with Gasteiger partial charge in [-0.2, -0.15) is 18.2 Å². The number of rotatable bonds is 4. The van der Waals surface area contributed by atoms with Crippen molar-refractivity contribution < 1.29 is 13.2 Å². The molecule has 1 saturated heterocycles. The summed E-state index contributed by atoms with van der Waals surface area (Å²) in [4.78, 5) is 13.7. The van der Waals surface area contributed by atoms with Crippen molar-refractivity contribution in [3.05, 3.63) is 41.9 Å². The number of aromatic nitrogens is 3. The summed E-state index contributed by atoms with van der Waals surface area (Å²) in [5.41, 5.74) is -0.104. The van der Waals surface area contributed by atoms with Gasteiger partial charge < -0.3 is 15.5 Å². The second-order valence-electron chi connectivity index (χ2n) is 6.80. The summed E-state index contributed by atoms with van der Waals surface area (Å²) in [5.74, 6) is 0.481. The third kappa shape index (κ3) is 5.51. The van der Waals surface area contributed by atoms with Gasteiger partial charge in [-0.25, -0.2) is 4.98 Å². The molecule has 0 bridgehead atoms. The first-order chi connectivity index (χ1) is 13.3. The molecule has 150 valence electrons. The molecule has 3 rings (SSSR count). The Labute approximate surface area is 166 Å². The molecule has 1 unspecified atom stereocenters. The molecule has 2 aromatic rings. The Kier molecular flexibility index (Phi) is 6.28. The van der Waals surface area contributed by atoms with Gasteiger partial charge in [-0.05, 0) is 42.6 Å². The number of hydrogen-bond acceptors (Lipinski definition) is 5. The van der Waals surface area contributed by atoms with E-state index in [-0.39, 0.29) is 16.9 Å². The molecule has 1 aliphatic heterocycles. The summed E-state index contributed by atoms with van der Waals surface area (Å²) in [5, 5.41) is 5.72. The molecule has 0 radical (unpaired) electrons. The topological polar surface area (TPSA) is 66.0 Å². The Balaban J connectivity index is 1.75. The fourth-order valence-corrected chi connectivity index (χ4v) is 3.19. The minimum Gasteiger partial charge on any atom is -0.358 e. The van der Waals surface area contributed by atoms with Gasteiger partial charge in [0.15, 0.2) is 10.8 Å². The van der Waals surface area contributed by atoms with Crippen LogP contribution in [0.3, 0.4) is 0 Å². The van der Waals surface area contributed by atoms with Gasteiger partial charge in [0.2, 0.25) is 5.95 Å². The van der Waals surface area contributed by atoms with Crippen LogP contribution in [0.5, 0.6) is 0 Å². The molecular formula is C18H21F3N6S. The number of thiocarbonyl (C=S) groups is 1. The average Bonchev–Trinajstić information content (AvgIpc) is 2.66. The summed E-state index contributed by atoms with van der Waals surface area (Å²) >= 11 is 5.17. The predicted molar refractivity (Wildman–Crippen MR) is 105 cm³/mol. The average molecular weight is 410 g/mol. The lowest BCUT2D eigenvalue weighted by atomic mass is 10.0. The highest BCUT2D eigenvalue weighted by Crippen LogP contribution is 2.31. The van der Waals surface area contributed by atoms with E-state index in [4.69, 9.17) is 12.2 Å². The second kappa shape index (κ2) is 8.68. The van der Waals surface area contributed by atoms with Crippen molar-refractivity contribution in [2.75, 3.05) is 23.3 Å². The fraction of sp³-hybridized carbons (Fsp3) is 0.444. The van der Waals surface area contributed by atoms with E-state index in [1.165, 1.54) is 0 Å². The van der Waals surface area contributed by atoms with Crippen molar-refractivity contribution in [3.8, 4) is 0 Å². The highest BCUT2D eigenvalue weighted by atomic mass is 32.1. The lowest BCUT2D eigenvalue weighted by Gasteiger charge is -2.32. The van der Waals surface area contributed by atoms with Crippen LogP contribution in [0, 0.1) is 5.92 Å². The van der Waals surface area contributed by atoms with Crippen LogP contribution < -0.4 is 15.5 Å². The van der Waals surface area contributed by atoms with Crippen molar-refractivity contribution in [1.29, 1.82) is 0 Å². The highest BCUT2D eigenvalue weighted by Gasteiger charge is 2.34. The van der Waals surface area contributed by atoms with Crippen molar-refractivity contribution in [3.63, 3.8) is 0 Å². The molecule has 0 amide bonds. The first-order valence-corrected chi connectivity index (χ1v) is 9.37. The molecule has 0 saturated carbocycles. The molecule has 10 heteroatoms. The lowest BCUT2D eigenvalue weighted by molar-refractivity contribution is -0.141. The van der Waals surface area contributed by atoms with Crippen LogP contribution >= 0.6 is 12.2 Å².